The third-order valence-electron chi connectivity index (χ3n) is 3.53. The number of carbonyl (C=O) groups is 1. The van der Waals surface area contributed by atoms with Crippen molar-refractivity contribution >= 4 is 5.97 Å². The van der Waals surface area contributed by atoms with Gasteiger partial charge in [0.1, 0.15) is 11.6 Å². The molecule has 0 saturated carbocycles. The van der Waals surface area contributed by atoms with Crippen molar-refractivity contribution in [3.63, 3.8) is 0 Å². The molecule has 0 aliphatic carbocycles. The molecule has 0 amide bonds. The standard InChI is InChI=1S/C14H14FN3O2/c15-9-3-1-2-8(6-9)13-17-12(14(19)20)11-5-4-10(16)7-18(11)13/h1-3,6,10H,4-5,7,16H2,(H,19,20). The predicted molar refractivity (Wildman–Crippen MR) is 70.9 cm³/mol. The summed E-state index contributed by atoms with van der Waals surface area (Å²) >= 11 is 0. The van der Waals surface area contributed by atoms with Crippen molar-refractivity contribution in [1.82, 2.24) is 9.55 Å². The van der Waals surface area contributed by atoms with Crippen LogP contribution in [-0.2, 0) is 13.0 Å². The van der Waals surface area contributed by atoms with Gasteiger partial charge in [-0.3, -0.25) is 0 Å². The lowest BCUT2D eigenvalue weighted by Gasteiger charge is -2.22. The number of fused-ring (bicyclic) bond motifs is 1. The van der Waals surface area contributed by atoms with Crippen LogP contribution in [0.25, 0.3) is 11.4 Å². The maximum Gasteiger partial charge on any atom is 0.356 e. The lowest BCUT2D eigenvalue weighted by Crippen LogP contribution is -2.32. The van der Waals surface area contributed by atoms with Gasteiger partial charge in [0.05, 0.1) is 5.69 Å². The van der Waals surface area contributed by atoms with E-state index < -0.39 is 5.97 Å². The Balaban J connectivity index is 2.18. The van der Waals surface area contributed by atoms with Crippen molar-refractivity contribution in [3.8, 4) is 11.4 Å². The minimum absolute atomic E-state index is 0.0364. The molecule has 104 valence electrons. The van der Waals surface area contributed by atoms with Crippen LogP contribution in [0, 0.1) is 5.82 Å². The molecule has 6 heteroatoms. The molecule has 1 unspecified atom stereocenters. The van der Waals surface area contributed by atoms with Gasteiger partial charge in [-0.25, -0.2) is 14.2 Å². The van der Waals surface area contributed by atoms with Crippen molar-refractivity contribution < 1.29 is 14.3 Å². The highest BCUT2D eigenvalue weighted by Gasteiger charge is 2.27. The summed E-state index contributed by atoms with van der Waals surface area (Å²) in [6.45, 7) is 0.501. The molecule has 3 N–H and O–H groups in total. The number of aromatic carboxylic acids is 1. The van der Waals surface area contributed by atoms with Crippen LogP contribution in [0.4, 0.5) is 4.39 Å². The molecule has 1 aromatic carbocycles. The first-order chi connectivity index (χ1) is 9.56. The zero-order valence-corrected chi connectivity index (χ0v) is 10.7. The molecule has 1 atom stereocenters. The van der Waals surface area contributed by atoms with Crippen molar-refractivity contribution in [2.75, 3.05) is 0 Å². The average molecular weight is 275 g/mol. The topological polar surface area (TPSA) is 81.1 Å². The summed E-state index contributed by atoms with van der Waals surface area (Å²) < 4.78 is 15.1. The van der Waals surface area contributed by atoms with E-state index in [0.717, 1.165) is 6.42 Å². The minimum Gasteiger partial charge on any atom is -0.476 e. The lowest BCUT2D eigenvalue weighted by atomic mass is 10.0. The highest BCUT2D eigenvalue weighted by Crippen LogP contribution is 2.27. The van der Waals surface area contributed by atoms with Gasteiger partial charge < -0.3 is 15.4 Å². The molecule has 3 rings (SSSR count). The van der Waals surface area contributed by atoms with Crippen LogP contribution in [0.3, 0.4) is 0 Å². The Morgan fingerprint density at radius 2 is 2.30 bits per heavy atom. The minimum atomic E-state index is -1.06. The van der Waals surface area contributed by atoms with Gasteiger partial charge in [0.25, 0.3) is 0 Å². The van der Waals surface area contributed by atoms with Crippen LogP contribution >= 0.6 is 0 Å². The summed E-state index contributed by atoms with van der Waals surface area (Å²) in [6.07, 6.45) is 1.31. The van der Waals surface area contributed by atoms with Crippen LogP contribution in [-0.4, -0.2) is 26.7 Å². The summed E-state index contributed by atoms with van der Waals surface area (Å²) in [7, 11) is 0. The smallest absolute Gasteiger partial charge is 0.356 e. The first kappa shape index (κ1) is 12.8. The highest BCUT2D eigenvalue weighted by atomic mass is 19.1. The second-order valence-corrected chi connectivity index (χ2v) is 4.96. The Hall–Kier alpha value is -2.21. The number of benzene rings is 1. The average Bonchev–Trinajstić information content (AvgIpc) is 2.77. The van der Waals surface area contributed by atoms with Crippen LogP contribution in [0.1, 0.15) is 22.6 Å². The van der Waals surface area contributed by atoms with E-state index in [9.17, 15) is 14.3 Å². The van der Waals surface area contributed by atoms with Gasteiger partial charge in [0, 0.05) is 18.2 Å². The van der Waals surface area contributed by atoms with Crippen molar-refractivity contribution in [2.24, 2.45) is 5.73 Å². The number of carboxylic acid groups (broad SMARTS) is 1. The molecular formula is C14H14FN3O2. The van der Waals surface area contributed by atoms with Gasteiger partial charge >= 0.3 is 5.97 Å². The van der Waals surface area contributed by atoms with Gasteiger partial charge in [0.15, 0.2) is 5.69 Å². The number of nitrogens with zero attached hydrogens (tertiary/aromatic N) is 2. The summed E-state index contributed by atoms with van der Waals surface area (Å²) in [6, 6.07) is 5.94. The molecule has 20 heavy (non-hydrogen) atoms. The predicted octanol–water partition coefficient (Wildman–Crippen LogP) is 1.66. The van der Waals surface area contributed by atoms with Gasteiger partial charge in [-0.2, -0.15) is 0 Å². The number of halogens is 1. The highest BCUT2D eigenvalue weighted by molar-refractivity contribution is 5.88. The molecule has 0 fully saturated rings. The van der Waals surface area contributed by atoms with Gasteiger partial charge in [-0.05, 0) is 25.0 Å². The number of aromatic nitrogens is 2. The fourth-order valence-corrected chi connectivity index (χ4v) is 2.60. The third kappa shape index (κ3) is 2.08. The second-order valence-electron chi connectivity index (χ2n) is 4.96. The quantitative estimate of drug-likeness (QED) is 0.873. The van der Waals surface area contributed by atoms with Crippen LogP contribution in [0.5, 0.6) is 0 Å². The number of hydrogen-bond acceptors (Lipinski definition) is 3. The van der Waals surface area contributed by atoms with E-state index in [1.807, 2.05) is 0 Å². The van der Waals surface area contributed by atoms with E-state index in [1.54, 1.807) is 16.7 Å². The van der Waals surface area contributed by atoms with E-state index in [4.69, 9.17) is 5.73 Å². The number of carboxylic acids is 1. The van der Waals surface area contributed by atoms with Crippen LogP contribution < -0.4 is 5.73 Å². The number of rotatable bonds is 2. The fourth-order valence-electron chi connectivity index (χ4n) is 2.60. The Bertz CT molecular complexity index is 681. The first-order valence-electron chi connectivity index (χ1n) is 6.40. The Morgan fingerprint density at radius 3 is 3.00 bits per heavy atom. The molecule has 0 bridgehead atoms. The molecule has 0 saturated heterocycles. The zero-order chi connectivity index (χ0) is 14.3. The lowest BCUT2D eigenvalue weighted by molar-refractivity contribution is 0.0689. The van der Waals surface area contributed by atoms with E-state index in [0.29, 0.717) is 30.0 Å². The molecular weight excluding hydrogens is 261 g/mol. The third-order valence-corrected chi connectivity index (χ3v) is 3.53. The maximum absolute atomic E-state index is 13.3. The number of imidazole rings is 1. The van der Waals surface area contributed by atoms with Gasteiger partial charge in [0.2, 0.25) is 0 Å². The van der Waals surface area contributed by atoms with E-state index in [2.05, 4.69) is 4.98 Å². The molecule has 1 aliphatic heterocycles. The molecule has 0 spiro atoms. The van der Waals surface area contributed by atoms with E-state index in [-0.39, 0.29) is 17.6 Å². The monoisotopic (exact) mass is 275 g/mol. The molecule has 2 aromatic rings. The first-order valence-corrected chi connectivity index (χ1v) is 6.40. The van der Waals surface area contributed by atoms with Gasteiger partial charge in [-0.15, -0.1) is 0 Å². The number of nitrogens with two attached hydrogens (primary N) is 1. The Labute approximate surface area is 114 Å². The molecule has 5 nitrogen and oxygen atoms in total. The second kappa shape index (κ2) is 4.72. The summed E-state index contributed by atoms with van der Waals surface area (Å²) in [5.41, 5.74) is 7.21. The summed E-state index contributed by atoms with van der Waals surface area (Å²) in [4.78, 5) is 15.5. The van der Waals surface area contributed by atoms with Crippen molar-refractivity contribution in [3.05, 3.63) is 41.5 Å². The molecule has 0 radical (unpaired) electrons. The normalized spacial score (nSPS) is 17.8. The van der Waals surface area contributed by atoms with Crippen LogP contribution in [0.2, 0.25) is 0 Å². The maximum atomic E-state index is 13.3. The zero-order valence-electron chi connectivity index (χ0n) is 10.7. The summed E-state index contributed by atoms with van der Waals surface area (Å²) in [5, 5.41) is 9.24. The Morgan fingerprint density at radius 1 is 1.50 bits per heavy atom. The van der Waals surface area contributed by atoms with Crippen molar-refractivity contribution in [2.45, 2.75) is 25.4 Å². The fraction of sp³-hybridized carbons (Fsp3) is 0.286. The Kier molecular flexibility index (Phi) is 3.02. The SMILES string of the molecule is NC1CCc2c(C(=O)O)nc(-c3cccc(F)c3)n2C1. The van der Waals surface area contributed by atoms with Gasteiger partial charge in [-0.1, -0.05) is 12.1 Å². The molecule has 1 aliphatic rings. The molecule has 1 aromatic heterocycles. The van der Waals surface area contributed by atoms with E-state index in [1.165, 1.54) is 12.1 Å². The largest absolute Gasteiger partial charge is 0.476 e. The van der Waals surface area contributed by atoms with Crippen molar-refractivity contribution in [1.29, 1.82) is 0 Å². The number of hydrogen-bond donors (Lipinski definition) is 2. The molecule has 2 heterocycles. The summed E-state index contributed by atoms with van der Waals surface area (Å²) in [5.74, 6) is -0.976. The van der Waals surface area contributed by atoms with Crippen LogP contribution in [0.15, 0.2) is 24.3 Å². The van der Waals surface area contributed by atoms with E-state index >= 15 is 0 Å².